The lowest BCUT2D eigenvalue weighted by Crippen LogP contribution is -2.14. The van der Waals surface area contributed by atoms with Crippen LogP contribution >= 0.6 is 15.9 Å². The van der Waals surface area contributed by atoms with Crippen molar-refractivity contribution in [1.29, 1.82) is 0 Å². The smallest absolute Gasteiger partial charge is 0.170 e. The number of anilines is 1. The molecule has 0 atom stereocenters. The van der Waals surface area contributed by atoms with Crippen molar-refractivity contribution in [3.05, 3.63) is 58.1 Å². The zero-order chi connectivity index (χ0) is 15.2. The van der Waals surface area contributed by atoms with Crippen LogP contribution in [0.1, 0.15) is 11.1 Å². The molecule has 5 nitrogen and oxygen atoms in total. The highest BCUT2D eigenvalue weighted by molar-refractivity contribution is 9.10. The van der Waals surface area contributed by atoms with Crippen LogP contribution in [0.4, 0.5) is 5.69 Å². The maximum Gasteiger partial charge on any atom is 0.170 e. The molecule has 0 unspecified atom stereocenters. The molecular weight excluding hydrogens is 334 g/mol. The van der Waals surface area contributed by atoms with Crippen molar-refractivity contribution in [3.8, 4) is 5.75 Å². The van der Waals surface area contributed by atoms with Gasteiger partial charge in [0.15, 0.2) is 5.84 Å². The Bertz CT molecular complexity index is 642. The molecule has 0 radical (unpaired) electrons. The SMILES string of the molecule is COc1ccc(/C(N)=N/O)cc1CNc1ccc(Br)cc1. The molecule has 0 aliphatic rings. The summed E-state index contributed by atoms with van der Waals surface area (Å²) >= 11 is 3.40. The van der Waals surface area contributed by atoms with Gasteiger partial charge in [-0.25, -0.2) is 0 Å². The fourth-order valence-corrected chi connectivity index (χ4v) is 2.16. The van der Waals surface area contributed by atoms with Crippen molar-refractivity contribution in [1.82, 2.24) is 0 Å². The summed E-state index contributed by atoms with van der Waals surface area (Å²) in [7, 11) is 1.61. The van der Waals surface area contributed by atoms with E-state index in [9.17, 15) is 0 Å². The van der Waals surface area contributed by atoms with Gasteiger partial charge < -0.3 is 21.0 Å². The zero-order valence-electron chi connectivity index (χ0n) is 11.5. The highest BCUT2D eigenvalue weighted by Gasteiger charge is 2.07. The second-order valence-electron chi connectivity index (χ2n) is 4.37. The zero-order valence-corrected chi connectivity index (χ0v) is 13.1. The second-order valence-corrected chi connectivity index (χ2v) is 5.29. The third-order valence-electron chi connectivity index (χ3n) is 3.01. The number of hydrogen-bond acceptors (Lipinski definition) is 4. The van der Waals surface area contributed by atoms with Gasteiger partial charge in [0.25, 0.3) is 0 Å². The van der Waals surface area contributed by atoms with Crippen LogP contribution in [0.2, 0.25) is 0 Å². The number of amidine groups is 1. The Morgan fingerprint density at radius 1 is 1.29 bits per heavy atom. The number of benzene rings is 2. The summed E-state index contributed by atoms with van der Waals surface area (Å²) in [5, 5.41) is 15.1. The van der Waals surface area contributed by atoms with Gasteiger partial charge in [0.05, 0.1) is 7.11 Å². The first-order valence-corrected chi connectivity index (χ1v) is 7.07. The van der Waals surface area contributed by atoms with Crippen LogP contribution in [0.3, 0.4) is 0 Å². The molecule has 0 bridgehead atoms. The molecule has 0 aliphatic heterocycles. The largest absolute Gasteiger partial charge is 0.496 e. The van der Waals surface area contributed by atoms with Gasteiger partial charge in [-0.15, -0.1) is 0 Å². The van der Waals surface area contributed by atoms with Crippen LogP contribution in [-0.4, -0.2) is 18.2 Å². The molecule has 2 rings (SSSR count). The van der Waals surface area contributed by atoms with E-state index >= 15 is 0 Å². The van der Waals surface area contributed by atoms with Crippen molar-refractivity contribution < 1.29 is 9.94 Å². The summed E-state index contributed by atoms with van der Waals surface area (Å²) in [6.45, 7) is 0.567. The molecule has 0 saturated carbocycles. The first-order chi connectivity index (χ1) is 10.1. The number of methoxy groups -OCH3 is 1. The van der Waals surface area contributed by atoms with E-state index in [2.05, 4.69) is 26.4 Å². The van der Waals surface area contributed by atoms with Crippen LogP contribution < -0.4 is 15.8 Å². The Balaban J connectivity index is 2.19. The average Bonchev–Trinajstić information content (AvgIpc) is 2.53. The van der Waals surface area contributed by atoms with Gasteiger partial charge in [0, 0.05) is 27.8 Å². The third-order valence-corrected chi connectivity index (χ3v) is 3.54. The summed E-state index contributed by atoms with van der Waals surface area (Å²) in [6, 6.07) is 13.3. The fraction of sp³-hybridized carbons (Fsp3) is 0.133. The lowest BCUT2D eigenvalue weighted by Gasteiger charge is -2.12. The number of nitrogens with two attached hydrogens (primary N) is 1. The fourth-order valence-electron chi connectivity index (χ4n) is 1.90. The molecule has 0 heterocycles. The molecular formula is C15H16BrN3O2. The lowest BCUT2D eigenvalue weighted by atomic mass is 10.1. The molecule has 6 heteroatoms. The molecule has 2 aromatic carbocycles. The van der Waals surface area contributed by atoms with Crippen LogP contribution in [0, 0.1) is 0 Å². The Morgan fingerprint density at radius 2 is 2.00 bits per heavy atom. The number of oxime groups is 1. The van der Waals surface area contributed by atoms with Gasteiger partial charge in [-0.3, -0.25) is 0 Å². The monoisotopic (exact) mass is 349 g/mol. The van der Waals surface area contributed by atoms with Gasteiger partial charge >= 0.3 is 0 Å². The number of ether oxygens (including phenoxy) is 1. The van der Waals surface area contributed by atoms with E-state index in [4.69, 9.17) is 15.7 Å². The van der Waals surface area contributed by atoms with Crippen LogP contribution in [-0.2, 0) is 6.54 Å². The van der Waals surface area contributed by atoms with Crippen LogP contribution in [0.5, 0.6) is 5.75 Å². The first kappa shape index (κ1) is 15.2. The van der Waals surface area contributed by atoms with E-state index in [-0.39, 0.29) is 5.84 Å². The van der Waals surface area contributed by atoms with E-state index in [1.54, 1.807) is 19.2 Å². The first-order valence-electron chi connectivity index (χ1n) is 6.28. The molecule has 21 heavy (non-hydrogen) atoms. The van der Waals surface area contributed by atoms with E-state index in [0.29, 0.717) is 12.1 Å². The standard InChI is InChI=1S/C15H16BrN3O2/c1-21-14-7-2-10(15(17)19-20)8-11(14)9-18-13-5-3-12(16)4-6-13/h2-8,18,20H,9H2,1H3,(H2,17,19). The lowest BCUT2D eigenvalue weighted by molar-refractivity contribution is 0.318. The number of hydrogen-bond donors (Lipinski definition) is 3. The maximum atomic E-state index is 8.75. The van der Waals surface area contributed by atoms with Crippen molar-refractivity contribution in [2.45, 2.75) is 6.54 Å². The predicted octanol–water partition coefficient (Wildman–Crippen LogP) is 3.16. The number of halogens is 1. The van der Waals surface area contributed by atoms with Gasteiger partial charge in [-0.05, 0) is 42.5 Å². The van der Waals surface area contributed by atoms with E-state index in [1.165, 1.54) is 0 Å². The number of nitrogens with zero attached hydrogens (tertiary/aromatic N) is 1. The van der Waals surface area contributed by atoms with Crippen molar-refractivity contribution >= 4 is 27.5 Å². The molecule has 0 amide bonds. The van der Waals surface area contributed by atoms with Gasteiger partial charge in [-0.2, -0.15) is 0 Å². The summed E-state index contributed by atoms with van der Waals surface area (Å²) in [6.07, 6.45) is 0. The average molecular weight is 350 g/mol. The molecule has 0 aliphatic carbocycles. The minimum Gasteiger partial charge on any atom is -0.496 e. The minimum atomic E-state index is 0.0718. The summed E-state index contributed by atoms with van der Waals surface area (Å²) in [5.41, 5.74) is 8.17. The number of rotatable bonds is 5. The van der Waals surface area contributed by atoms with Crippen molar-refractivity contribution in [2.75, 3.05) is 12.4 Å². The molecule has 4 N–H and O–H groups in total. The van der Waals surface area contributed by atoms with Gasteiger partial charge in [0.1, 0.15) is 5.75 Å². The Morgan fingerprint density at radius 3 is 2.62 bits per heavy atom. The summed E-state index contributed by atoms with van der Waals surface area (Å²) < 4.78 is 6.36. The molecule has 0 aromatic heterocycles. The number of nitrogens with one attached hydrogen (secondary N) is 1. The van der Waals surface area contributed by atoms with E-state index in [1.807, 2.05) is 30.3 Å². The highest BCUT2D eigenvalue weighted by Crippen LogP contribution is 2.22. The highest BCUT2D eigenvalue weighted by atomic mass is 79.9. The second kappa shape index (κ2) is 6.99. The van der Waals surface area contributed by atoms with Crippen LogP contribution in [0.15, 0.2) is 52.1 Å². The van der Waals surface area contributed by atoms with Gasteiger partial charge in [-0.1, -0.05) is 21.1 Å². The minimum absolute atomic E-state index is 0.0718. The summed E-state index contributed by atoms with van der Waals surface area (Å²) in [4.78, 5) is 0. The topological polar surface area (TPSA) is 79.9 Å². The van der Waals surface area contributed by atoms with E-state index < -0.39 is 0 Å². The molecule has 110 valence electrons. The van der Waals surface area contributed by atoms with Gasteiger partial charge in [0.2, 0.25) is 0 Å². The molecule has 0 fully saturated rings. The summed E-state index contributed by atoms with van der Waals surface area (Å²) in [5.74, 6) is 0.816. The molecule has 0 spiro atoms. The molecule has 2 aromatic rings. The quantitative estimate of drug-likeness (QED) is 0.335. The van der Waals surface area contributed by atoms with E-state index in [0.717, 1.165) is 21.5 Å². The Labute approximate surface area is 131 Å². The third kappa shape index (κ3) is 3.88. The van der Waals surface area contributed by atoms with Crippen molar-refractivity contribution in [3.63, 3.8) is 0 Å². The van der Waals surface area contributed by atoms with Crippen molar-refractivity contribution in [2.24, 2.45) is 10.9 Å². The van der Waals surface area contributed by atoms with Crippen LogP contribution in [0.25, 0.3) is 0 Å². The Hall–Kier alpha value is -2.21. The maximum absolute atomic E-state index is 8.75. The Kier molecular flexibility index (Phi) is 5.05. The normalized spacial score (nSPS) is 11.2. The predicted molar refractivity (Wildman–Crippen MR) is 87.0 cm³/mol. The molecule has 0 saturated heterocycles.